The molecule has 0 unspecified atom stereocenters. The van der Waals surface area contributed by atoms with Gasteiger partial charge in [-0.15, -0.1) is 10.6 Å². The van der Waals surface area contributed by atoms with Gasteiger partial charge in [0.1, 0.15) is 36.6 Å². The summed E-state index contributed by atoms with van der Waals surface area (Å²) in [5.41, 5.74) is 8.31. The van der Waals surface area contributed by atoms with E-state index < -0.39 is 0 Å². The third kappa shape index (κ3) is 8.70. The van der Waals surface area contributed by atoms with Crippen LogP contribution in [0.4, 0.5) is 11.6 Å². The van der Waals surface area contributed by atoms with Crippen LogP contribution in [0, 0.1) is 11.3 Å². The van der Waals surface area contributed by atoms with E-state index in [1.807, 2.05) is 43.8 Å². The summed E-state index contributed by atoms with van der Waals surface area (Å²) in [6.07, 6.45) is 11.4. The van der Waals surface area contributed by atoms with Gasteiger partial charge in [-0.3, -0.25) is 14.6 Å². The Bertz CT molecular complexity index is 1540. The largest absolute Gasteiger partial charge is 0.487 e. The molecule has 1 aromatic carbocycles. The van der Waals surface area contributed by atoms with Gasteiger partial charge in [0, 0.05) is 37.1 Å². The molecule has 0 bridgehead atoms. The average molecular weight is 660 g/mol. The molecule has 256 valence electrons. The molecule has 3 aromatic rings. The first-order valence-electron chi connectivity index (χ1n) is 16.7. The summed E-state index contributed by atoms with van der Waals surface area (Å²) >= 11 is 0. The smallest absolute Gasteiger partial charge is 0.257 e. The number of aromatic nitrogens is 4. The number of anilines is 2. The Kier molecular flexibility index (Phi) is 11.2. The van der Waals surface area contributed by atoms with E-state index in [4.69, 9.17) is 24.0 Å². The fourth-order valence-corrected chi connectivity index (χ4v) is 6.21. The maximum Gasteiger partial charge on any atom is 0.257 e. The Hall–Kier alpha value is -4.49. The van der Waals surface area contributed by atoms with Gasteiger partial charge in [0.15, 0.2) is 0 Å². The van der Waals surface area contributed by atoms with Crippen molar-refractivity contribution in [3.63, 3.8) is 0 Å². The van der Waals surface area contributed by atoms with Crippen LogP contribution in [-0.4, -0.2) is 100 Å². The van der Waals surface area contributed by atoms with Gasteiger partial charge in [0.05, 0.1) is 50.3 Å². The average Bonchev–Trinajstić information content (AvgIpc) is 3.77. The molecule has 2 aliphatic heterocycles. The van der Waals surface area contributed by atoms with Crippen LogP contribution in [0.1, 0.15) is 58.1 Å². The van der Waals surface area contributed by atoms with E-state index in [2.05, 4.69) is 42.4 Å². The molecule has 48 heavy (non-hydrogen) atoms. The first kappa shape index (κ1) is 33.4. The second-order valence-corrected chi connectivity index (χ2v) is 12.5. The van der Waals surface area contributed by atoms with Gasteiger partial charge in [-0.1, -0.05) is 6.07 Å². The SMILES string of the molecule is CC(C)OCCOc1nn(C2CCC(N3CCOCC3)CC2)cc1Nc1ncc(-c2ccc(C#N)c(O[C@@H](C)CN3C=NNN3)c2)cn1. The molecule has 0 spiro atoms. The van der Waals surface area contributed by atoms with Gasteiger partial charge >= 0.3 is 0 Å². The fourth-order valence-electron chi connectivity index (χ4n) is 6.21. The van der Waals surface area contributed by atoms with Crippen molar-refractivity contribution in [2.45, 2.75) is 70.7 Å². The standard InChI is InChI=1S/C33H45N11O4/c1-23(2)46-14-15-47-32-30(21-44(39-32)29-8-6-28(7-9-29)42-10-12-45-13-11-42)38-33-35-18-27(19-36-33)25-4-5-26(17-34)31(16-25)48-24(3)20-43-22-37-40-41-43/h4-5,16,18-19,21-24,28-29,40-41H,6-15,20H2,1-3H3,(H,35,36,38)/t24-,28?,29?/m0/s1. The number of ether oxygens (including phenoxy) is 4. The first-order chi connectivity index (χ1) is 23.4. The maximum atomic E-state index is 9.67. The zero-order valence-electron chi connectivity index (χ0n) is 27.8. The highest BCUT2D eigenvalue weighted by molar-refractivity contribution is 5.67. The molecule has 2 fully saturated rings. The Morgan fingerprint density at radius 2 is 1.81 bits per heavy atom. The summed E-state index contributed by atoms with van der Waals surface area (Å²) in [5, 5.41) is 23.5. The molecule has 0 amide bonds. The Labute approximate surface area is 281 Å². The highest BCUT2D eigenvalue weighted by Crippen LogP contribution is 2.35. The summed E-state index contributed by atoms with van der Waals surface area (Å²) in [4.78, 5) is 11.8. The van der Waals surface area contributed by atoms with Crippen LogP contribution >= 0.6 is 0 Å². The normalized spacial score (nSPS) is 20.4. The van der Waals surface area contributed by atoms with E-state index in [0.717, 1.165) is 63.1 Å². The summed E-state index contributed by atoms with van der Waals surface area (Å²) < 4.78 is 25.5. The molecular weight excluding hydrogens is 614 g/mol. The molecule has 0 radical (unpaired) electrons. The predicted molar refractivity (Wildman–Crippen MR) is 180 cm³/mol. The molecule has 1 saturated carbocycles. The summed E-state index contributed by atoms with van der Waals surface area (Å²) in [6.45, 7) is 11.0. The van der Waals surface area contributed by atoms with Gasteiger partial charge in [-0.25, -0.2) is 15.5 Å². The second kappa shape index (κ2) is 16.1. The summed E-state index contributed by atoms with van der Waals surface area (Å²) in [5.74, 6) is 1.41. The zero-order valence-corrected chi connectivity index (χ0v) is 27.8. The van der Waals surface area contributed by atoms with Crippen molar-refractivity contribution in [3.8, 4) is 28.8 Å². The van der Waals surface area contributed by atoms with Gasteiger partial charge in [-0.2, -0.15) is 10.4 Å². The lowest BCUT2D eigenvalue weighted by molar-refractivity contribution is 0.00501. The molecule has 15 nitrogen and oxygen atoms in total. The zero-order chi connectivity index (χ0) is 33.3. The van der Waals surface area contributed by atoms with E-state index in [-0.39, 0.29) is 12.2 Å². The number of hydrazine groups is 2. The lowest BCUT2D eigenvalue weighted by atomic mass is 9.90. The van der Waals surface area contributed by atoms with Crippen LogP contribution in [0.3, 0.4) is 0 Å². The summed E-state index contributed by atoms with van der Waals surface area (Å²) in [7, 11) is 0. The minimum Gasteiger partial charge on any atom is -0.487 e. The minimum absolute atomic E-state index is 0.124. The lowest BCUT2D eigenvalue weighted by Crippen LogP contribution is -2.45. The van der Waals surface area contributed by atoms with Crippen LogP contribution in [0.5, 0.6) is 11.6 Å². The number of benzene rings is 1. The van der Waals surface area contributed by atoms with Crippen LogP contribution in [-0.2, 0) is 9.47 Å². The number of nitrogens with one attached hydrogen (secondary N) is 3. The maximum absolute atomic E-state index is 9.67. The molecule has 1 saturated heterocycles. The van der Waals surface area contributed by atoms with E-state index >= 15 is 0 Å². The number of nitrogens with zero attached hydrogens (tertiary/aromatic N) is 8. The molecule has 3 N–H and O–H groups in total. The van der Waals surface area contributed by atoms with Crippen LogP contribution in [0.15, 0.2) is 41.9 Å². The number of hydrogen-bond acceptors (Lipinski definition) is 14. The van der Waals surface area contributed by atoms with Crippen molar-refractivity contribution in [1.82, 2.24) is 40.7 Å². The highest BCUT2D eigenvalue weighted by atomic mass is 16.5. The topological polar surface area (TPSA) is 159 Å². The lowest BCUT2D eigenvalue weighted by Gasteiger charge is -2.38. The highest BCUT2D eigenvalue weighted by Gasteiger charge is 2.29. The molecule has 1 aliphatic carbocycles. The number of morpholine rings is 1. The fraction of sp³-hybridized carbons (Fsp3) is 0.545. The van der Waals surface area contributed by atoms with Gasteiger partial charge in [0.2, 0.25) is 5.95 Å². The first-order valence-corrected chi connectivity index (χ1v) is 16.7. The molecule has 1 atom stereocenters. The van der Waals surface area contributed by atoms with Crippen LogP contribution < -0.4 is 25.9 Å². The second-order valence-electron chi connectivity index (χ2n) is 12.5. The van der Waals surface area contributed by atoms with E-state index in [0.29, 0.717) is 60.7 Å². The number of hydrogen-bond donors (Lipinski definition) is 3. The van der Waals surface area contributed by atoms with Gasteiger partial charge < -0.3 is 24.3 Å². The molecule has 2 aromatic heterocycles. The quantitative estimate of drug-likeness (QED) is 0.216. The van der Waals surface area contributed by atoms with Crippen molar-refractivity contribution in [2.24, 2.45) is 5.10 Å². The Morgan fingerprint density at radius 3 is 2.52 bits per heavy atom. The van der Waals surface area contributed by atoms with Crippen molar-refractivity contribution in [1.29, 1.82) is 5.26 Å². The Balaban J connectivity index is 1.13. The van der Waals surface area contributed by atoms with E-state index in [9.17, 15) is 5.26 Å². The molecule has 6 rings (SSSR count). The minimum atomic E-state index is -0.219. The predicted octanol–water partition coefficient (Wildman–Crippen LogP) is 3.61. The van der Waals surface area contributed by atoms with Crippen LogP contribution in [0.25, 0.3) is 11.1 Å². The van der Waals surface area contributed by atoms with Gasteiger partial charge in [-0.05, 0) is 64.2 Å². The van der Waals surface area contributed by atoms with Crippen molar-refractivity contribution in [2.75, 3.05) is 51.4 Å². The third-order valence-electron chi connectivity index (χ3n) is 8.64. The molecular formula is C33H45N11O4. The Morgan fingerprint density at radius 1 is 1.04 bits per heavy atom. The van der Waals surface area contributed by atoms with Crippen molar-refractivity contribution >= 4 is 18.0 Å². The molecule has 3 aliphatic rings. The summed E-state index contributed by atoms with van der Waals surface area (Å²) in [6, 6.07) is 8.57. The number of nitriles is 1. The van der Waals surface area contributed by atoms with Crippen molar-refractivity contribution < 1.29 is 18.9 Å². The third-order valence-corrected chi connectivity index (χ3v) is 8.64. The van der Waals surface area contributed by atoms with E-state index in [1.54, 1.807) is 29.8 Å². The molecule has 15 heteroatoms. The molecule has 4 heterocycles. The van der Waals surface area contributed by atoms with Gasteiger partial charge in [0.25, 0.3) is 5.88 Å². The monoisotopic (exact) mass is 659 g/mol. The number of rotatable bonds is 14. The van der Waals surface area contributed by atoms with Crippen LogP contribution in [0.2, 0.25) is 0 Å². The van der Waals surface area contributed by atoms with Crippen molar-refractivity contribution in [3.05, 3.63) is 42.4 Å². The number of hydrazone groups is 1. The van der Waals surface area contributed by atoms with E-state index in [1.165, 1.54) is 0 Å².